The molecular weight excluding hydrogens is 252 g/mol. The lowest BCUT2D eigenvalue weighted by Gasteiger charge is -2.32. The zero-order chi connectivity index (χ0) is 11.0. The van der Waals surface area contributed by atoms with Crippen molar-refractivity contribution in [3.63, 3.8) is 0 Å². The van der Waals surface area contributed by atoms with Crippen molar-refractivity contribution in [1.29, 1.82) is 0 Å². The summed E-state index contributed by atoms with van der Waals surface area (Å²) >= 11 is 18.2. The lowest BCUT2D eigenvalue weighted by atomic mass is 9.77. The zero-order valence-electron chi connectivity index (χ0n) is 8.14. The van der Waals surface area contributed by atoms with Crippen molar-refractivity contribution in [2.24, 2.45) is 11.7 Å². The summed E-state index contributed by atoms with van der Waals surface area (Å²) in [5.41, 5.74) is 6.94. The molecule has 0 heterocycles. The van der Waals surface area contributed by atoms with Crippen LogP contribution in [-0.4, -0.2) is 0 Å². The highest BCUT2D eigenvalue weighted by molar-refractivity contribution is 6.44. The van der Waals surface area contributed by atoms with Crippen molar-refractivity contribution in [3.05, 3.63) is 32.8 Å². The minimum atomic E-state index is -0.0857. The Morgan fingerprint density at radius 1 is 1.13 bits per heavy atom. The van der Waals surface area contributed by atoms with E-state index >= 15 is 0 Å². The smallest absolute Gasteiger partial charge is 0.0655 e. The van der Waals surface area contributed by atoms with Crippen molar-refractivity contribution in [1.82, 2.24) is 0 Å². The second-order valence-corrected chi connectivity index (χ2v) is 5.17. The van der Waals surface area contributed by atoms with Gasteiger partial charge in [0.05, 0.1) is 10.0 Å². The Morgan fingerprint density at radius 2 is 1.73 bits per heavy atom. The fraction of sp³-hybridized carbons (Fsp3) is 0.455. The Balaban J connectivity index is 2.36. The summed E-state index contributed by atoms with van der Waals surface area (Å²) in [6.07, 6.45) is 3.55. The van der Waals surface area contributed by atoms with Gasteiger partial charge in [0.2, 0.25) is 0 Å². The van der Waals surface area contributed by atoms with Crippen LogP contribution in [0.25, 0.3) is 0 Å². The first kappa shape index (κ1) is 11.5. The summed E-state index contributed by atoms with van der Waals surface area (Å²) in [5.74, 6) is 0.499. The van der Waals surface area contributed by atoms with E-state index in [0.717, 1.165) is 18.4 Å². The Bertz CT molecular complexity index is 374. The summed E-state index contributed by atoms with van der Waals surface area (Å²) in [7, 11) is 0. The Morgan fingerprint density at radius 3 is 2.27 bits per heavy atom. The van der Waals surface area contributed by atoms with Gasteiger partial charge in [-0.15, -0.1) is 0 Å². The fourth-order valence-corrected chi connectivity index (χ4v) is 2.67. The molecule has 0 amide bonds. The van der Waals surface area contributed by atoms with Crippen molar-refractivity contribution in [3.8, 4) is 0 Å². The molecule has 1 fully saturated rings. The van der Waals surface area contributed by atoms with Crippen molar-refractivity contribution in [2.45, 2.75) is 25.3 Å². The molecule has 82 valence electrons. The Hall–Kier alpha value is 0.0500. The Labute approximate surface area is 104 Å². The van der Waals surface area contributed by atoms with Gasteiger partial charge in [-0.05, 0) is 30.9 Å². The average molecular weight is 265 g/mol. The largest absolute Gasteiger partial charge is 0.324 e. The van der Waals surface area contributed by atoms with Crippen LogP contribution in [0.2, 0.25) is 15.1 Å². The normalized spacial score (nSPS) is 18.7. The average Bonchev–Trinajstić information content (AvgIpc) is 2.09. The molecule has 1 aliphatic carbocycles. The molecule has 0 saturated heterocycles. The van der Waals surface area contributed by atoms with Crippen molar-refractivity contribution >= 4 is 34.8 Å². The predicted octanol–water partition coefficient (Wildman–Crippen LogP) is 4.45. The highest BCUT2D eigenvalue weighted by Crippen LogP contribution is 2.42. The second-order valence-electron chi connectivity index (χ2n) is 3.97. The van der Waals surface area contributed by atoms with Gasteiger partial charge >= 0.3 is 0 Å². The van der Waals surface area contributed by atoms with E-state index in [9.17, 15) is 0 Å². The third-order valence-corrected chi connectivity index (χ3v) is 4.22. The third-order valence-electron chi connectivity index (χ3n) is 3.07. The molecule has 0 spiro atoms. The topological polar surface area (TPSA) is 26.0 Å². The molecule has 1 aromatic carbocycles. The number of benzene rings is 1. The highest BCUT2D eigenvalue weighted by atomic mass is 35.5. The highest BCUT2D eigenvalue weighted by Gasteiger charge is 2.28. The molecule has 2 rings (SSSR count). The van der Waals surface area contributed by atoms with E-state index in [1.54, 1.807) is 12.1 Å². The maximum Gasteiger partial charge on any atom is 0.0655 e. The molecule has 1 nitrogen and oxygen atoms in total. The maximum absolute atomic E-state index is 6.14. The first-order valence-corrected chi connectivity index (χ1v) is 6.13. The summed E-state index contributed by atoms with van der Waals surface area (Å²) < 4.78 is 0. The van der Waals surface area contributed by atoms with Gasteiger partial charge in [0.25, 0.3) is 0 Å². The second kappa shape index (κ2) is 4.50. The molecule has 0 bridgehead atoms. The maximum atomic E-state index is 6.14. The summed E-state index contributed by atoms with van der Waals surface area (Å²) in [6, 6.07) is 3.37. The molecule has 0 radical (unpaired) electrons. The summed E-state index contributed by atoms with van der Waals surface area (Å²) in [6.45, 7) is 0. The fourth-order valence-electron chi connectivity index (χ4n) is 1.88. The lowest BCUT2D eigenvalue weighted by Crippen LogP contribution is -2.27. The van der Waals surface area contributed by atoms with Gasteiger partial charge in [-0.3, -0.25) is 0 Å². The minimum Gasteiger partial charge on any atom is -0.324 e. The van der Waals surface area contributed by atoms with Crippen LogP contribution in [0.4, 0.5) is 0 Å². The number of nitrogens with two attached hydrogens (primary N) is 1. The van der Waals surface area contributed by atoms with Gasteiger partial charge in [-0.25, -0.2) is 0 Å². The minimum absolute atomic E-state index is 0.0857. The van der Waals surface area contributed by atoms with E-state index in [4.69, 9.17) is 40.5 Å². The van der Waals surface area contributed by atoms with E-state index < -0.39 is 0 Å². The molecule has 0 aromatic heterocycles. The summed E-state index contributed by atoms with van der Waals surface area (Å²) in [5, 5.41) is 1.64. The molecule has 2 N–H and O–H groups in total. The lowest BCUT2D eigenvalue weighted by molar-refractivity contribution is 0.264. The number of hydrogen-bond donors (Lipinski definition) is 1. The van der Waals surface area contributed by atoms with Crippen LogP contribution in [0.1, 0.15) is 30.9 Å². The monoisotopic (exact) mass is 263 g/mol. The van der Waals surface area contributed by atoms with Gasteiger partial charge < -0.3 is 5.73 Å². The number of hydrogen-bond acceptors (Lipinski definition) is 1. The van der Waals surface area contributed by atoms with Crippen molar-refractivity contribution in [2.75, 3.05) is 0 Å². The van der Waals surface area contributed by atoms with Crippen LogP contribution < -0.4 is 5.73 Å². The molecular formula is C11H12Cl3N. The first-order chi connectivity index (χ1) is 7.11. The zero-order valence-corrected chi connectivity index (χ0v) is 10.4. The number of halogens is 3. The van der Waals surface area contributed by atoms with Crippen LogP contribution >= 0.6 is 34.8 Å². The van der Waals surface area contributed by atoms with Gasteiger partial charge in [0.1, 0.15) is 0 Å². The molecule has 0 aliphatic heterocycles. The van der Waals surface area contributed by atoms with Crippen LogP contribution in [-0.2, 0) is 0 Å². The quantitative estimate of drug-likeness (QED) is 0.785. The molecule has 15 heavy (non-hydrogen) atoms. The van der Waals surface area contributed by atoms with Crippen molar-refractivity contribution < 1.29 is 0 Å². The van der Waals surface area contributed by atoms with E-state index in [1.165, 1.54) is 6.42 Å². The molecule has 4 heteroatoms. The predicted molar refractivity (Wildman–Crippen MR) is 65.7 cm³/mol. The molecule has 0 unspecified atom stereocenters. The first-order valence-electron chi connectivity index (χ1n) is 5.00. The van der Waals surface area contributed by atoms with E-state index in [-0.39, 0.29) is 6.04 Å². The van der Waals surface area contributed by atoms with Gasteiger partial charge in [-0.2, -0.15) is 0 Å². The third kappa shape index (κ3) is 2.12. The van der Waals surface area contributed by atoms with Gasteiger partial charge in [0, 0.05) is 16.6 Å². The van der Waals surface area contributed by atoms with E-state index in [0.29, 0.717) is 21.0 Å². The van der Waals surface area contributed by atoms with E-state index in [1.807, 2.05) is 0 Å². The van der Waals surface area contributed by atoms with Gasteiger partial charge in [0.15, 0.2) is 0 Å². The molecule has 1 saturated carbocycles. The standard InChI is InChI=1S/C11H12Cl3N/c12-7-4-5-8(13)10(14)9(7)11(15)6-2-1-3-6/h4-6,11H,1-3,15H2/t11-/m0/s1. The summed E-state index contributed by atoms with van der Waals surface area (Å²) in [4.78, 5) is 0. The van der Waals surface area contributed by atoms with Crippen LogP contribution in [0.15, 0.2) is 12.1 Å². The number of rotatable bonds is 2. The molecule has 1 aliphatic rings. The van der Waals surface area contributed by atoms with Crippen LogP contribution in [0.3, 0.4) is 0 Å². The molecule has 1 atom stereocenters. The Kier molecular flexibility index (Phi) is 3.46. The van der Waals surface area contributed by atoms with Crippen LogP contribution in [0.5, 0.6) is 0 Å². The van der Waals surface area contributed by atoms with Gasteiger partial charge in [-0.1, -0.05) is 41.2 Å². The van der Waals surface area contributed by atoms with E-state index in [2.05, 4.69) is 0 Å². The molecule has 1 aromatic rings. The SMILES string of the molecule is N[C@H](c1c(Cl)ccc(Cl)c1Cl)C1CCC1. The van der Waals surface area contributed by atoms with Crippen LogP contribution in [0, 0.1) is 5.92 Å².